The summed E-state index contributed by atoms with van der Waals surface area (Å²) >= 11 is 0. The Labute approximate surface area is 81.7 Å². The maximum absolute atomic E-state index is 10.3. The number of carboxylic acid groups (broad SMARTS) is 1. The normalized spacial score (nSPS) is 9.43. The van der Waals surface area contributed by atoms with Crippen LogP contribution in [-0.4, -0.2) is 19.5 Å². The zero-order chi connectivity index (χ0) is 10.6. The van der Waals surface area contributed by atoms with E-state index in [4.69, 9.17) is 5.11 Å². The van der Waals surface area contributed by atoms with E-state index in [2.05, 4.69) is 4.36 Å². The van der Waals surface area contributed by atoms with Gasteiger partial charge in [-0.2, -0.15) is 8.42 Å². The highest BCUT2D eigenvalue weighted by molar-refractivity contribution is 7.61. The van der Waals surface area contributed by atoms with Gasteiger partial charge in [0.05, 0.1) is 12.1 Å². The largest absolute Gasteiger partial charge is 0.481 e. The number of nitrogens with zero attached hydrogens (tertiary/aromatic N) is 1. The first-order valence-corrected chi connectivity index (χ1v) is 4.73. The first-order chi connectivity index (χ1) is 6.58. The van der Waals surface area contributed by atoms with E-state index < -0.39 is 16.5 Å². The van der Waals surface area contributed by atoms with Gasteiger partial charge in [-0.25, -0.2) is 0 Å². The third kappa shape index (κ3) is 3.36. The molecule has 0 saturated heterocycles. The van der Waals surface area contributed by atoms with Crippen LogP contribution < -0.4 is 0 Å². The monoisotopic (exact) mass is 213 g/mol. The molecule has 0 aliphatic carbocycles. The summed E-state index contributed by atoms with van der Waals surface area (Å²) in [5.41, 5.74) is 0.889. The number of hydrogen-bond donors (Lipinski definition) is 1. The lowest BCUT2D eigenvalue weighted by molar-refractivity contribution is -0.136. The smallest absolute Gasteiger partial charge is 0.316 e. The van der Waals surface area contributed by atoms with Crippen molar-refractivity contribution in [3.05, 3.63) is 29.8 Å². The molecule has 0 saturated carbocycles. The molecular weight excluding hydrogens is 206 g/mol. The highest BCUT2D eigenvalue weighted by atomic mass is 32.2. The van der Waals surface area contributed by atoms with Gasteiger partial charge in [-0.15, -0.1) is 4.36 Å². The molecule has 1 aromatic carbocycles. The van der Waals surface area contributed by atoms with Crippen molar-refractivity contribution in [1.29, 1.82) is 0 Å². The standard InChI is InChI=1S/C8H7NO4S/c10-8(11)5-6-1-3-7(4-2-6)9-14(12)13/h1-4H,5H2,(H,10,11). The summed E-state index contributed by atoms with van der Waals surface area (Å²) in [6, 6.07) is 5.96. The summed E-state index contributed by atoms with van der Waals surface area (Å²) in [5, 5.41) is 8.46. The second kappa shape index (κ2) is 4.52. The minimum absolute atomic E-state index is 0.0826. The minimum Gasteiger partial charge on any atom is -0.481 e. The van der Waals surface area contributed by atoms with Gasteiger partial charge in [0.15, 0.2) is 0 Å². The highest BCUT2D eigenvalue weighted by Gasteiger charge is 1.99. The van der Waals surface area contributed by atoms with Gasteiger partial charge >= 0.3 is 16.5 Å². The molecule has 1 N–H and O–H groups in total. The zero-order valence-electron chi connectivity index (χ0n) is 7.04. The van der Waals surface area contributed by atoms with Crippen molar-refractivity contribution >= 4 is 22.2 Å². The lowest BCUT2D eigenvalue weighted by Crippen LogP contribution is -1.99. The van der Waals surface area contributed by atoms with E-state index in [9.17, 15) is 13.2 Å². The average Bonchev–Trinajstić information content (AvgIpc) is 2.06. The van der Waals surface area contributed by atoms with Gasteiger partial charge in [-0.05, 0) is 17.7 Å². The fourth-order valence-corrected chi connectivity index (χ4v) is 1.23. The van der Waals surface area contributed by atoms with Crippen LogP contribution in [0.4, 0.5) is 5.69 Å². The molecule has 0 aromatic heterocycles. The lowest BCUT2D eigenvalue weighted by Gasteiger charge is -1.95. The zero-order valence-corrected chi connectivity index (χ0v) is 7.86. The quantitative estimate of drug-likeness (QED) is 0.812. The Morgan fingerprint density at radius 2 is 1.86 bits per heavy atom. The van der Waals surface area contributed by atoms with Gasteiger partial charge in [0.2, 0.25) is 0 Å². The Kier molecular flexibility index (Phi) is 3.35. The second-order valence-electron chi connectivity index (χ2n) is 2.55. The maximum atomic E-state index is 10.3. The first-order valence-electron chi connectivity index (χ1n) is 3.70. The number of hydrogen-bond acceptors (Lipinski definition) is 4. The molecule has 0 radical (unpaired) electrons. The van der Waals surface area contributed by atoms with Gasteiger partial charge in [-0.1, -0.05) is 12.1 Å². The van der Waals surface area contributed by atoms with Crippen LogP contribution in [0.3, 0.4) is 0 Å². The summed E-state index contributed by atoms with van der Waals surface area (Å²) < 4.78 is 23.6. The number of carbonyl (C=O) groups is 1. The summed E-state index contributed by atoms with van der Waals surface area (Å²) in [6.45, 7) is 0. The van der Waals surface area contributed by atoms with Crippen LogP contribution in [0, 0.1) is 0 Å². The van der Waals surface area contributed by atoms with Crippen LogP contribution in [-0.2, 0) is 21.7 Å². The predicted octanol–water partition coefficient (Wildman–Crippen LogP) is 1.01. The van der Waals surface area contributed by atoms with Crippen LogP contribution >= 0.6 is 0 Å². The van der Waals surface area contributed by atoms with Gasteiger partial charge in [-0.3, -0.25) is 4.79 Å². The molecular formula is C8H7NO4S. The van der Waals surface area contributed by atoms with Crippen molar-refractivity contribution in [2.45, 2.75) is 6.42 Å². The van der Waals surface area contributed by atoms with Crippen molar-refractivity contribution in [2.24, 2.45) is 4.36 Å². The van der Waals surface area contributed by atoms with Crippen molar-refractivity contribution < 1.29 is 18.3 Å². The molecule has 0 spiro atoms. The van der Waals surface area contributed by atoms with Crippen LogP contribution in [0.1, 0.15) is 5.56 Å². The molecule has 0 aliphatic rings. The van der Waals surface area contributed by atoms with E-state index in [0.717, 1.165) is 0 Å². The van der Waals surface area contributed by atoms with Crippen molar-refractivity contribution in [3.8, 4) is 0 Å². The molecule has 0 fully saturated rings. The number of benzene rings is 1. The molecule has 0 aliphatic heterocycles. The molecule has 5 nitrogen and oxygen atoms in total. The van der Waals surface area contributed by atoms with E-state index in [-0.39, 0.29) is 12.1 Å². The summed E-state index contributed by atoms with van der Waals surface area (Å²) in [6.07, 6.45) is -0.0826. The molecule has 1 aromatic rings. The van der Waals surface area contributed by atoms with Crippen LogP contribution in [0.25, 0.3) is 0 Å². The number of aliphatic carboxylic acids is 1. The fourth-order valence-electron chi connectivity index (χ4n) is 0.935. The van der Waals surface area contributed by atoms with Gasteiger partial charge in [0.1, 0.15) is 0 Å². The molecule has 0 unspecified atom stereocenters. The average molecular weight is 213 g/mol. The van der Waals surface area contributed by atoms with Gasteiger partial charge in [0.25, 0.3) is 0 Å². The third-order valence-electron chi connectivity index (χ3n) is 1.47. The Morgan fingerprint density at radius 1 is 1.29 bits per heavy atom. The fraction of sp³-hybridized carbons (Fsp3) is 0.125. The predicted molar refractivity (Wildman–Crippen MR) is 48.8 cm³/mol. The Balaban J connectivity index is 2.89. The van der Waals surface area contributed by atoms with E-state index in [1.807, 2.05) is 0 Å². The molecule has 74 valence electrons. The summed E-state index contributed by atoms with van der Waals surface area (Å²) in [4.78, 5) is 10.3. The van der Waals surface area contributed by atoms with Crippen LogP contribution in [0.2, 0.25) is 0 Å². The molecule has 0 bridgehead atoms. The Hall–Kier alpha value is -1.69. The third-order valence-corrected chi connectivity index (χ3v) is 1.83. The van der Waals surface area contributed by atoms with E-state index >= 15 is 0 Å². The Bertz CT molecular complexity index is 453. The topological polar surface area (TPSA) is 83.8 Å². The van der Waals surface area contributed by atoms with Gasteiger partial charge in [0, 0.05) is 0 Å². The van der Waals surface area contributed by atoms with E-state index in [1.54, 1.807) is 0 Å². The summed E-state index contributed by atoms with van der Waals surface area (Å²) in [7, 11) is -2.48. The van der Waals surface area contributed by atoms with Crippen LogP contribution in [0.5, 0.6) is 0 Å². The molecule has 6 heteroatoms. The van der Waals surface area contributed by atoms with E-state index in [1.165, 1.54) is 24.3 Å². The van der Waals surface area contributed by atoms with Crippen molar-refractivity contribution in [1.82, 2.24) is 0 Å². The minimum atomic E-state index is -2.48. The second-order valence-corrected chi connectivity index (χ2v) is 3.16. The number of rotatable bonds is 3. The molecule has 1 rings (SSSR count). The summed E-state index contributed by atoms with van der Waals surface area (Å²) in [5.74, 6) is -0.929. The molecule has 0 amide bonds. The lowest BCUT2D eigenvalue weighted by atomic mass is 10.1. The molecule has 0 heterocycles. The van der Waals surface area contributed by atoms with E-state index in [0.29, 0.717) is 5.56 Å². The van der Waals surface area contributed by atoms with Gasteiger partial charge < -0.3 is 5.11 Å². The highest BCUT2D eigenvalue weighted by Crippen LogP contribution is 2.12. The van der Waals surface area contributed by atoms with Crippen molar-refractivity contribution in [2.75, 3.05) is 0 Å². The maximum Gasteiger partial charge on any atom is 0.316 e. The van der Waals surface area contributed by atoms with Crippen molar-refractivity contribution in [3.63, 3.8) is 0 Å². The number of carboxylic acids is 1. The first kappa shape index (κ1) is 10.4. The van der Waals surface area contributed by atoms with Crippen LogP contribution in [0.15, 0.2) is 28.6 Å². The SMILES string of the molecule is O=C(O)Cc1ccc(N=S(=O)=O)cc1. The Morgan fingerprint density at radius 3 is 2.29 bits per heavy atom. The molecule has 0 atom stereocenters. The molecule has 14 heavy (non-hydrogen) atoms.